The maximum absolute atomic E-state index is 13.8. The number of fused-ring (bicyclic) bond motifs is 1. The highest BCUT2D eigenvalue weighted by molar-refractivity contribution is 6.16. The second-order valence-electron chi connectivity index (χ2n) is 7.47. The van der Waals surface area contributed by atoms with Gasteiger partial charge in [0.1, 0.15) is 0 Å². The number of halogens is 3. The molecule has 2 heterocycles. The quantitative estimate of drug-likeness (QED) is 0.506. The molecule has 10 heteroatoms. The number of hydrogen-bond acceptors (Lipinski definition) is 4. The van der Waals surface area contributed by atoms with Crippen LogP contribution in [-0.2, 0) is 27.3 Å². The summed E-state index contributed by atoms with van der Waals surface area (Å²) in [6, 6.07) is 6.65. The molecule has 3 amide bonds. The van der Waals surface area contributed by atoms with Gasteiger partial charge >= 0.3 is 0 Å². The number of carbonyl (C=O) groups excluding carboxylic acids is 3. The van der Waals surface area contributed by atoms with Crippen molar-refractivity contribution in [1.82, 2.24) is 5.32 Å². The molecule has 0 aromatic heterocycles. The minimum Gasteiger partial charge on any atom is -0.372 e. The normalized spacial score (nSPS) is 20.5. The molecule has 2 aromatic rings. The van der Waals surface area contributed by atoms with Gasteiger partial charge in [-0.3, -0.25) is 14.4 Å². The molecule has 2 aliphatic heterocycles. The van der Waals surface area contributed by atoms with E-state index >= 15 is 0 Å². The minimum atomic E-state index is -2.38. The average Bonchev–Trinajstić information content (AvgIpc) is 3.06. The first kappa shape index (κ1) is 20.9. The number of hydrogen-bond donors (Lipinski definition) is 3. The van der Waals surface area contributed by atoms with Crippen molar-refractivity contribution in [2.24, 2.45) is 0 Å². The van der Waals surface area contributed by atoms with Crippen molar-refractivity contribution in [2.75, 3.05) is 16.8 Å². The summed E-state index contributed by atoms with van der Waals surface area (Å²) in [6.45, 7) is -0.469. The van der Waals surface area contributed by atoms with Crippen molar-refractivity contribution < 1.29 is 32.7 Å². The summed E-state index contributed by atoms with van der Waals surface area (Å²) in [6.07, 6.45) is 0.616. The lowest BCUT2D eigenvalue weighted by molar-refractivity contribution is -0.149. The zero-order valence-electron chi connectivity index (χ0n) is 16.2. The second-order valence-corrected chi connectivity index (χ2v) is 7.47. The summed E-state index contributed by atoms with van der Waals surface area (Å²) in [4.78, 5) is 38.1. The first-order chi connectivity index (χ1) is 14.7. The van der Waals surface area contributed by atoms with Crippen molar-refractivity contribution >= 4 is 29.1 Å². The SMILES string of the molecule is O=C1CCc2cc(N3CCC(O)(C(=O)NCc4ccc(F)c(F)c4F)C3=O)ccc2N1. The van der Waals surface area contributed by atoms with Gasteiger partial charge in [-0.1, -0.05) is 6.07 Å². The smallest absolute Gasteiger partial charge is 0.268 e. The highest BCUT2D eigenvalue weighted by atomic mass is 19.2. The number of nitrogens with zero attached hydrogens (tertiary/aromatic N) is 1. The number of benzene rings is 2. The highest BCUT2D eigenvalue weighted by Gasteiger charge is 2.51. The van der Waals surface area contributed by atoms with Crippen LogP contribution in [0.4, 0.5) is 24.5 Å². The molecule has 0 radical (unpaired) electrons. The maximum atomic E-state index is 13.8. The summed E-state index contributed by atoms with van der Waals surface area (Å²) < 4.78 is 40.1. The number of rotatable bonds is 4. The van der Waals surface area contributed by atoms with E-state index in [0.717, 1.165) is 17.7 Å². The molecule has 1 saturated heterocycles. The van der Waals surface area contributed by atoms with Gasteiger partial charge in [0.2, 0.25) is 11.5 Å². The lowest BCUT2D eigenvalue weighted by atomic mass is 10.0. The third-order valence-electron chi connectivity index (χ3n) is 5.52. The van der Waals surface area contributed by atoms with E-state index in [1.54, 1.807) is 18.2 Å². The fourth-order valence-electron chi connectivity index (χ4n) is 3.72. The zero-order valence-corrected chi connectivity index (χ0v) is 16.2. The van der Waals surface area contributed by atoms with Crippen molar-refractivity contribution in [3.05, 3.63) is 58.9 Å². The van der Waals surface area contributed by atoms with Gasteiger partial charge in [0.05, 0.1) is 0 Å². The molecule has 0 spiro atoms. The van der Waals surface area contributed by atoms with Gasteiger partial charge in [-0.15, -0.1) is 0 Å². The van der Waals surface area contributed by atoms with Crippen LogP contribution < -0.4 is 15.5 Å². The third kappa shape index (κ3) is 3.63. The Morgan fingerprint density at radius 1 is 1.13 bits per heavy atom. The Kier molecular flexibility index (Phi) is 5.18. The first-order valence-corrected chi connectivity index (χ1v) is 9.58. The van der Waals surface area contributed by atoms with Crippen LogP contribution in [0.3, 0.4) is 0 Å². The van der Waals surface area contributed by atoms with Gasteiger partial charge in [0, 0.05) is 42.9 Å². The minimum absolute atomic E-state index is 0.0629. The molecule has 1 fully saturated rings. The van der Waals surface area contributed by atoms with Gasteiger partial charge in [-0.2, -0.15) is 0 Å². The van der Waals surface area contributed by atoms with E-state index in [4.69, 9.17) is 0 Å². The lowest BCUT2D eigenvalue weighted by Gasteiger charge is -2.24. The van der Waals surface area contributed by atoms with Crippen LogP contribution in [0.25, 0.3) is 0 Å². The molecule has 1 unspecified atom stereocenters. The van der Waals surface area contributed by atoms with Crippen molar-refractivity contribution in [3.8, 4) is 0 Å². The zero-order chi connectivity index (χ0) is 22.3. The Labute approximate surface area is 174 Å². The molecule has 2 aromatic carbocycles. The van der Waals surface area contributed by atoms with Crippen molar-refractivity contribution in [1.29, 1.82) is 0 Å². The lowest BCUT2D eigenvalue weighted by Crippen LogP contribution is -2.52. The number of aliphatic hydroxyl groups is 1. The van der Waals surface area contributed by atoms with Gasteiger partial charge in [0.25, 0.3) is 11.8 Å². The van der Waals surface area contributed by atoms with E-state index in [1.165, 1.54) is 4.90 Å². The number of carbonyl (C=O) groups is 3. The van der Waals surface area contributed by atoms with Crippen LogP contribution in [0.1, 0.15) is 24.0 Å². The average molecular weight is 433 g/mol. The Bertz CT molecular complexity index is 1110. The maximum Gasteiger partial charge on any atom is 0.268 e. The number of aryl methyl sites for hydroxylation is 1. The molecular weight excluding hydrogens is 415 g/mol. The van der Waals surface area contributed by atoms with Crippen LogP contribution in [0.2, 0.25) is 0 Å². The second kappa shape index (κ2) is 7.69. The summed E-state index contributed by atoms with van der Waals surface area (Å²) in [7, 11) is 0. The standard InChI is InChI=1S/C21H18F3N3O4/c22-14-4-1-12(17(23)18(14)24)10-25-19(29)21(31)7-8-27(20(21)30)13-3-5-15-11(9-13)2-6-16(28)26-15/h1,3-5,9,31H,2,6-8,10H2,(H,25,29)(H,26,28). The predicted octanol–water partition coefficient (Wildman–Crippen LogP) is 1.77. The van der Waals surface area contributed by atoms with Crippen LogP contribution in [0.15, 0.2) is 30.3 Å². The van der Waals surface area contributed by atoms with Gasteiger partial charge in [-0.05, 0) is 36.2 Å². The van der Waals surface area contributed by atoms with Crippen molar-refractivity contribution in [3.63, 3.8) is 0 Å². The number of amides is 3. The highest BCUT2D eigenvalue weighted by Crippen LogP contribution is 2.33. The van der Waals surface area contributed by atoms with Gasteiger partial charge < -0.3 is 20.6 Å². The predicted molar refractivity (Wildman–Crippen MR) is 103 cm³/mol. The molecular formula is C21H18F3N3O4. The summed E-state index contributed by atoms with van der Waals surface area (Å²) in [5, 5.41) is 15.6. The molecule has 1 atom stereocenters. The van der Waals surface area contributed by atoms with E-state index in [-0.39, 0.29) is 24.4 Å². The van der Waals surface area contributed by atoms with Crippen molar-refractivity contribution in [2.45, 2.75) is 31.4 Å². The summed E-state index contributed by atoms with van der Waals surface area (Å²) in [5.74, 6) is -6.49. The molecule has 162 valence electrons. The fourth-order valence-corrected chi connectivity index (χ4v) is 3.72. The third-order valence-corrected chi connectivity index (χ3v) is 5.52. The Morgan fingerprint density at radius 3 is 2.68 bits per heavy atom. The van der Waals surface area contributed by atoms with E-state index in [2.05, 4.69) is 10.6 Å². The molecule has 2 aliphatic rings. The number of anilines is 2. The molecule has 4 rings (SSSR count). The largest absolute Gasteiger partial charge is 0.372 e. The first-order valence-electron chi connectivity index (χ1n) is 9.58. The Morgan fingerprint density at radius 2 is 1.90 bits per heavy atom. The van der Waals surface area contributed by atoms with Crippen LogP contribution in [0, 0.1) is 17.5 Å². The fraction of sp³-hybridized carbons (Fsp3) is 0.286. The monoisotopic (exact) mass is 433 g/mol. The van der Waals surface area contributed by atoms with Gasteiger partial charge in [-0.25, -0.2) is 13.2 Å². The molecule has 3 N–H and O–H groups in total. The topological polar surface area (TPSA) is 98.7 Å². The Balaban J connectivity index is 1.48. The van der Waals surface area contributed by atoms with Crippen LogP contribution in [-0.4, -0.2) is 35.0 Å². The van der Waals surface area contributed by atoms with Gasteiger partial charge in [0.15, 0.2) is 17.5 Å². The molecule has 31 heavy (non-hydrogen) atoms. The number of nitrogens with one attached hydrogen (secondary N) is 2. The van der Waals surface area contributed by atoms with Crippen LogP contribution >= 0.6 is 0 Å². The van der Waals surface area contributed by atoms with E-state index in [0.29, 0.717) is 24.2 Å². The van der Waals surface area contributed by atoms with E-state index in [9.17, 15) is 32.7 Å². The Hall–Kier alpha value is -3.40. The van der Waals surface area contributed by atoms with E-state index in [1.807, 2.05) is 0 Å². The molecule has 0 aliphatic carbocycles. The molecule has 0 saturated carbocycles. The van der Waals surface area contributed by atoms with Crippen LogP contribution in [0.5, 0.6) is 0 Å². The summed E-state index contributed by atoms with van der Waals surface area (Å²) in [5.41, 5.74) is -0.754. The molecule has 7 nitrogen and oxygen atoms in total. The molecule has 0 bridgehead atoms. The summed E-state index contributed by atoms with van der Waals surface area (Å²) >= 11 is 0. The van der Waals surface area contributed by atoms with E-state index < -0.39 is 41.4 Å².